The molecule has 0 aliphatic heterocycles. The van der Waals surface area contributed by atoms with E-state index >= 15 is 0 Å². The quantitative estimate of drug-likeness (QED) is 0.612. The van der Waals surface area contributed by atoms with E-state index in [1.54, 1.807) is 11.8 Å². The molecule has 0 aliphatic rings. The third-order valence-corrected chi connectivity index (χ3v) is 5.78. The first-order chi connectivity index (χ1) is 10.9. The van der Waals surface area contributed by atoms with Gasteiger partial charge in [-0.15, -0.1) is 21.5 Å². The summed E-state index contributed by atoms with van der Waals surface area (Å²) in [7, 11) is 0. The molecule has 0 atom stereocenters. The van der Waals surface area contributed by atoms with Gasteiger partial charge in [0.2, 0.25) is 0 Å². The summed E-state index contributed by atoms with van der Waals surface area (Å²) >= 11 is 3.09. The van der Waals surface area contributed by atoms with Crippen LogP contribution in [0.2, 0.25) is 0 Å². The largest absolute Gasteiger partial charge is 0.350 e. The number of hydrogen-bond acceptors (Lipinski definition) is 6. The van der Waals surface area contributed by atoms with E-state index in [2.05, 4.69) is 45.8 Å². The van der Waals surface area contributed by atoms with Crippen LogP contribution in [-0.2, 0) is 6.54 Å². The van der Waals surface area contributed by atoms with Crippen molar-refractivity contribution < 1.29 is 4.79 Å². The van der Waals surface area contributed by atoms with Crippen molar-refractivity contribution in [2.24, 2.45) is 0 Å². The maximum Gasteiger partial charge on any atom is 0.263 e. The predicted molar refractivity (Wildman–Crippen MR) is 94.4 cm³/mol. The number of nitrogens with zero attached hydrogens (tertiary/aromatic N) is 4. The molecule has 0 aliphatic carbocycles. The van der Waals surface area contributed by atoms with Gasteiger partial charge in [-0.1, -0.05) is 25.6 Å². The number of thiazole rings is 1. The van der Waals surface area contributed by atoms with Crippen molar-refractivity contribution in [1.29, 1.82) is 0 Å². The number of aromatic nitrogens is 4. The molecule has 2 heterocycles. The third-order valence-electron chi connectivity index (χ3n) is 3.35. The first kappa shape index (κ1) is 17.9. The number of carbonyl (C=O) groups excluding carboxylic acids is 1. The van der Waals surface area contributed by atoms with Crippen LogP contribution < -0.4 is 5.32 Å². The van der Waals surface area contributed by atoms with Gasteiger partial charge in [-0.05, 0) is 20.8 Å². The number of nitrogens with one attached hydrogen (secondary N) is 1. The first-order valence-electron chi connectivity index (χ1n) is 7.72. The molecule has 0 saturated heterocycles. The van der Waals surface area contributed by atoms with E-state index in [-0.39, 0.29) is 5.91 Å². The van der Waals surface area contributed by atoms with Crippen LogP contribution in [0.4, 0.5) is 0 Å². The van der Waals surface area contributed by atoms with Crippen LogP contribution in [0.5, 0.6) is 0 Å². The average Bonchev–Trinajstić information content (AvgIpc) is 3.06. The summed E-state index contributed by atoms with van der Waals surface area (Å²) in [6.45, 7) is 11.5. The number of aryl methyl sites for hydroxylation is 2. The molecule has 126 valence electrons. The molecule has 0 bridgehead atoms. The molecule has 6 nitrogen and oxygen atoms in total. The highest BCUT2D eigenvalue weighted by molar-refractivity contribution is 7.99. The fourth-order valence-electron chi connectivity index (χ4n) is 2.09. The smallest absolute Gasteiger partial charge is 0.263 e. The lowest BCUT2D eigenvalue weighted by Crippen LogP contribution is -2.25. The van der Waals surface area contributed by atoms with Gasteiger partial charge < -0.3 is 9.88 Å². The van der Waals surface area contributed by atoms with Gasteiger partial charge in [0.25, 0.3) is 5.91 Å². The normalized spacial score (nSPS) is 11.2. The Kier molecular flexibility index (Phi) is 6.17. The summed E-state index contributed by atoms with van der Waals surface area (Å²) in [5.41, 5.74) is 0.810. The SMILES string of the molecule is CCn1c(C)nnc1SCCNC(=O)c1sc(C(C)C)nc1C. The highest BCUT2D eigenvalue weighted by Crippen LogP contribution is 2.24. The van der Waals surface area contributed by atoms with E-state index in [9.17, 15) is 4.79 Å². The lowest BCUT2D eigenvalue weighted by atomic mass is 10.2. The molecule has 0 radical (unpaired) electrons. The van der Waals surface area contributed by atoms with Crippen molar-refractivity contribution in [2.75, 3.05) is 12.3 Å². The summed E-state index contributed by atoms with van der Waals surface area (Å²) < 4.78 is 2.06. The molecular formula is C15H23N5OS2. The minimum Gasteiger partial charge on any atom is -0.350 e. The Hall–Kier alpha value is -1.41. The summed E-state index contributed by atoms with van der Waals surface area (Å²) in [5.74, 6) is 1.99. The standard InChI is InChI=1S/C15H23N5OS2/c1-6-20-11(5)18-19-15(20)22-8-7-16-13(21)12-10(4)17-14(23-12)9(2)3/h9H,6-8H2,1-5H3,(H,16,21). The van der Waals surface area contributed by atoms with Gasteiger partial charge in [-0.2, -0.15) is 0 Å². The summed E-state index contributed by atoms with van der Waals surface area (Å²) in [6.07, 6.45) is 0. The zero-order chi connectivity index (χ0) is 17.0. The van der Waals surface area contributed by atoms with Crippen molar-refractivity contribution >= 4 is 29.0 Å². The van der Waals surface area contributed by atoms with Gasteiger partial charge in [0, 0.05) is 24.8 Å². The molecule has 1 amide bonds. The molecule has 0 fully saturated rings. The Labute approximate surface area is 145 Å². The highest BCUT2D eigenvalue weighted by Gasteiger charge is 2.16. The maximum atomic E-state index is 12.3. The van der Waals surface area contributed by atoms with Crippen molar-refractivity contribution in [1.82, 2.24) is 25.1 Å². The molecule has 2 aromatic heterocycles. The third kappa shape index (κ3) is 4.32. The second kappa shape index (κ2) is 7.92. The van der Waals surface area contributed by atoms with Crippen LogP contribution in [0.1, 0.15) is 52.9 Å². The van der Waals surface area contributed by atoms with Crippen LogP contribution in [0, 0.1) is 13.8 Å². The van der Waals surface area contributed by atoms with Gasteiger partial charge >= 0.3 is 0 Å². The van der Waals surface area contributed by atoms with E-state index in [1.165, 1.54) is 11.3 Å². The summed E-state index contributed by atoms with van der Waals surface area (Å²) in [6, 6.07) is 0. The van der Waals surface area contributed by atoms with Crippen LogP contribution in [-0.4, -0.2) is 38.0 Å². The van der Waals surface area contributed by atoms with E-state index < -0.39 is 0 Å². The lowest BCUT2D eigenvalue weighted by molar-refractivity contribution is 0.0959. The summed E-state index contributed by atoms with van der Waals surface area (Å²) in [5, 5.41) is 13.1. The van der Waals surface area contributed by atoms with Gasteiger partial charge in [0.15, 0.2) is 5.16 Å². The number of hydrogen-bond donors (Lipinski definition) is 1. The zero-order valence-electron chi connectivity index (χ0n) is 14.2. The number of rotatable bonds is 7. The Balaban J connectivity index is 1.85. The van der Waals surface area contributed by atoms with E-state index in [0.717, 1.165) is 34.0 Å². The lowest BCUT2D eigenvalue weighted by Gasteiger charge is -2.06. The van der Waals surface area contributed by atoms with E-state index in [0.29, 0.717) is 17.3 Å². The maximum absolute atomic E-state index is 12.3. The molecule has 0 spiro atoms. The van der Waals surface area contributed by atoms with Gasteiger partial charge in [-0.3, -0.25) is 4.79 Å². The molecule has 0 unspecified atom stereocenters. The van der Waals surface area contributed by atoms with Crippen LogP contribution >= 0.6 is 23.1 Å². The Bertz CT molecular complexity index is 677. The predicted octanol–water partition coefficient (Wildman–Crippen LogP) is 3.02. The minimum absolute atomic E-state index is 0.0411. The number of thioether (sulfide) groups is 1. The van der Waals surface area contributed by atoms with Gasteiger partial charge in [-0.25, -0.2) is 4.98 Å². The topological polar surface area (TPSA) is 72.7 Å². The molecule has 8 heteroatoms. The van der Waals surface area contributed by atoms with E-state index in [4.69, 9.17) is 0 Å². The van der Waals surface area contributed by atoms with Gasteiger partial charge in [0.1, 0.15) is 10.7 Å². The molecule has 0 saturated carbocycles. The van der Waals surface area contributed by atoms with Crippen LogP contribution in [0.3, 0.4) is 0 Å². The second-order valence-electron chi connectivity index (χ2n) is 5.50. The van der Waals surface area contributed by atoms with Crippen LogP contribution in [0.15, 0.2) is 5.16 Å². The second-order valence-corrected chi connectivity index (χ2v) is 7.59. The number of carbonyl (C=O) groups is 1. The zero-order valence-corrected chi connectivity index (χ0v) is 15.8. The Morgan fingerprint density at radius 2 is 2.09 bits per heavy atom. The van der Waals surface area contributed by atoms with Crippen molar-refractivity contribution in [3.05, 3.63) is 21.4 Å². The van der Waals surface area contributed by atoms with Crippen molar-refractivity contribution in [2.45, 2.75) is 52.2 Å². The molecule has 2 rings (SSSR count). The Morgan fingerprint density at radius 1 is 1.35 bits per heavy atom. The van der Waals surface area contributed by atoms with Gasteiger partial charge in [0.05, 0.1) is 10.7 Å². The monoisotopic (exact) mass is 353 g/mol. The molecule has 23 heavy (non-hydrogen) atoms. The fourth-order valence-corrected chi connectivity index (χ4v) is 3.98. The fraction of sp³-hybridized carbons (Fsp3) is 0.600. The minimum atomic E-state index is -0.0411. The van der Waals surface area contributed by atoms with Crippen LogP contribution in [0.25, 0.3) is 0 Å². The Morgan fingerprint density at radius 3 is 2.70 bits per heavy atom. The first-order valence-corrected chi connectivity index (χ1v) is 9.52. The molecule has 1 N–H and O–H groups in total. The summed E-state index contributed by atoms with van der Waals surface area (Å²) in [4.78, 5) is 17.4. The molecular weight excluding hydrogens is 330 g/mol. The molecule has 2 aromatic rings. The van der Waals surface area contributed by atoms with Crippen molar-refractivity contribution in [3.63, 3.8) is 0 Å². The molecule has 0 aromatic carbocycles. The number of amides is 1. The highest BCUT2D eigenvalue weighted by atomic mass is 32.2. The average molecular weight is 354 g/mol. The van der Waals surface area contributed by atoms with Crippen molar-refractivity contribution in [3.8, 4) is 0 Å². The van der Waals surface area contributed by atoms with E-state index in [1.807, 2.05) is 13.8 Å².